The first kappa shape index (κ1) is 11.6. The van der Waals surface area contributed by atoms with Crippen molar-refractivity contribution in [3.63, 3.8) is 0 Å². The Bertz CT molecular complexity index is 363. The summed E-state index contributed by atoms with van der Waals surface area (Å²) in [4.78, 5) is 22.1. The maximum Gasteiger partial charge on any atom is 0.426 e. The zero-order valence-electron chi connectivity index (χ0n) is 7.87. The molecule has 0 aliphatic carbocycles. The van der Waals surface area contributed by atoms with Gasteiger partial charge in [-0.25, -0.2) is 10.2 Å². The Hall–Kier alpha value is -1.50. The predicted octanol–water partition coefficient (Wildman–Crippen LogP) is 1.43. The Morgan fingerprint density at radius 3 is 2.73 bits per heavy atom. The molecule has 15 heavy (non-hydrogen) atoms. The van der Waals surface area contributed by atoms with Gasteiger partial charge in [-0.3, -0.25) is 10.2 Å². The standard InChI is InChI=1S/C8H9BrN2O4/c1-2-14-8(13)11-10-7(12)5-3-4-6(9)15-5/h3-4H,2H2,1H3,(H,10,12)(H,11,13). The molecule has 0 saturated heterocycles. The molecule has 1 rings (SSSR count). The number of rotatable bonds is 2. The molecule has 6 nitrogen and oxygen atoms in total. The van der Waals surface area contributed by atoms with Gasteiger partial charge in [-0.1, -0.05) is 0 Å². The van der Waals surface area contributed by atoms with Crippen molar-refractivity contribution in [1.82, 2.24) is 10.9 Å². The van der Waals surface area contributed by atoms with E-state index in [2.05, 4.69) is 31.5 Å². The van der Waals surface area contributed by atoms with Gasteiger partial charge >= 0.3 is 12.0 Å². The summed E-state index contributed by atoms with van der Waals surface area (Å²) in [6, 6.07) is 3.03. The van der Waals surface area contributed by atoms with Gasteiger partial charge in [-0.15, -0.1) is 0 Å². The topological polar surface area (TPSA) is 80.6 Å². The maximum atomic E-state index is 11.3. The van der Waals surface area contributed by atoms with Crippen LogP contribution >= 0.6 is 15.9 Å². The molecule has 0 saturated carbocycles. The second-order valence-corrected chi connectivity index (χ2v) is 3.18. The number of carbonyl (C=O) groups excluding carboxylic acids is 2. The number of halogens is 1. The summed E-state index contributed by atoms with van der Waals surface area (Å²) >= 11 is 3.05. The molecule has 2 amide bonds. The lowest BCUT2D eigenvalue weighted by Crippen LogP contribution is -2.41. The summed E-state index contributed by atoms with van der Waals surface area (Å²) in [5.41, 5.74) is 4.17. The largest absolute Gasteiger partial charge is 0.449 e. The number of hydrogen-bond acceptors (Lipinski definition) is 4. The maximum absolute atomic E-state index is 11.3. The van der Waals surface area contributed by atoms with Crippen LogP contribution in [0.4, 0.5) is 4.79 Å². The summed E-state index contributed by atoms with van der Waals surface area (Å²) in [5, 5.41) is 0. The van der Waals surface area contributed by atoms with Crippen molar-refractivity contribution in [2.75, 3.05) is 6.61 Å². The number of hydrogen-bond donors (Lipinski definition) is 2. The van der Waals surface area contributed by atoms with Gasteiger partial charge in [0.15, 0.2) is 10.4 Å². The van der Waals surface area contributed by atoms with E-state index in [9.17, 15) is 9.59 Å². The molecule has 1 aromatic heterocycles. The lowest BCUT2D eigenvalue weighted by atomic mass is 10.4. The van der Waals surface area contributed by atoms with Gasteiger partial charge in [-0.05, 0) is 35.0 Å². The molecular weight excluding hydrogens is 268 g/mol. The SMILES string of the molecule is CCOC(=O)NNC(=O)c1ccc(Br)o1. The molecule has 7 heteroatoms. The van der Waals surface area contributed by atoms with Crippen molar-refractivity contribution in [3.05, 3.63) is 22.6 Å². The van der Waals surface area contributed by atoms with Gasteiger partial charge in [0.1, 0.15) is 0 Å². The fourth-order valence-corrected chi connectivity index (χ4v) is 1.08. The van der Waals surface area contributed by atoms with Gasteiger partial charge in [-0.2, -0.15) is 0 Å². The van der Waals surface area contributed by atoms with Crippen LogP contribution in [0.5, 0.6) is 0 Å². The molecule has 0 fully saturated rings. The van der Waals surface area contributed by atoms with Crippen molar-refractivity contribution in [2.24, 2.45) is 0 Å². The summed E-state index contributed by atoms with van der Waals surface area (Å²) in [7, 11) is 0. The van der Waals surface area contributed by atoms with Crippen LogP contribution < -0.4 is 10.9 Å². The molecule has 82 valence electrons. The van der Waals surface area contributed by atoms with Gasteiger partial charge in [0.25, 0.3) is 0 Å². The van der Waals surface area contributed by atoms with E-state index in [0.717, 1.165) is 0 Å². The Morgan fingerprint density at radius 2 is 2.20 bits per heavy atom. The zero-order chi connectivity index (χ0) is 11.3. The van der Waals surface area contributed by atoms with Crippen molar-refractivity contribution in [3.8, 4) is 0 Å². The van der Waals surface area contributed by atoms with Crippen molar-refractivity contribution < 1.29 is 18.7 Å². The van der Waals surface area contributed by atoms with Crippen LogP contribution in [0.3, 0.4) is 0 Å². The van der Waals surface area contributed by atoms with Crippen LogP contribution in [-0.4, -0.2) is 18.6 Å². The molecule has 0 aliphatic heterocycles. The van der Waals surface area contributed by atoms with Gasteiger partial charge in [0.05, 0.1) is 6.61 Å². The first-order chi connectivity index (χ1) is 7.13. The Kier molecular flexibility index (Phi) is 4.17. The molecular formula is C8H9BrN2O4. The number of nitrogens with one attached hydrogen (secondary N) is 2. The molecule has 1 heterocycles. The predicted molar refractivity (Wildman–Crippen MR) is 54.0 cm³/mol. The molecule has 1 aromatic rings. The molecule has 0 radical (unpaired) electrons. The number of furan rings is 1. The molecule has 0 aromatic carbocycles. The first-order valence-corrected chi connectivity index (χ1v) is 4.91. The normalized spacial score (nSPS) is 9.47. The van der Waals surface area contributed by atoms with Crippen molar-refractivity contribution in [2.45, 2.75) is 6.92 Å². The van der Waals surface area contributed by atoms with E-state index in [0.29, 0.717) is 4.67 Å². The number of ether oxygens (including phenoxy) is 1. The van der Waals surface area contributed by atoms with Crippen molar-refractivity contribution >= 4 is 27.9 Å². The molecule has 2 N–H and O–H groups in total. The third-order valence-electron chi connectivity index (χ3n) is 1.35. The van der Waals surface area contributed by atoms with Gasteiger partial charge in [0, 0.05) is 0 Å². The van der Waals surface area contributed by atoms with E-state index in [1.54, 1.807) is 13.0 Å². The highest BCUT2D eigenvalue weighted by molar-refractivity contribution is 9.10. The highest BCUT2D eigenvalue weighted by Gasteiger charge is 2.11. The van der Waals surface area contributed by atoms with Crippen molar-refractivity contribution in [1.29, 1.82) is 0 Å². The van der Waals surface area contributed by atoms with E-state index in [1.165, 1.54) is 6.07 Å². The highest BCUT2D eigenvalue weighted by atomic mass is 79.9. The van der Waals surface area contributed by atoms with Gasteiger partial charge in [0.2, 0.25) is 0 Å². The molecule has 0 unspecified atom stereocenters. The molecule has 0 spiro atoms. The summed E-state index contributed by atoms with van der Waals surface area (Å²) in [5.74, 6) is -0.479. The van der Waals surface area contributed by atoms with Gasteiger partial charge < -0.3 is 9.15 Å². The second-order valence-electron chi connectivity index (χ2n) is 2.40. The third-order valence-corrected chi connectivity index (χ3v) is 1.78. The fraction of sp³-hybridized carbons (Fsp3) is 0.250. The number of carbonyl (C=O) groups is 2. The average Bonchev–Trinajstić information content (AvgIpc) is 2.62. The van der Waals surface area contributed by atoms with Crippen LogP contribution in [0.2, 0.25) is 0 Å². The minimum absolute atomic E-state index is 0.0821. The summed E-state index contributed by atoms with van der Waals surface area (Å²) in [6.07, 6.45) is -0.725. The van der Waals surface area contributed by atoms with E-state index in [1.807, 2.05) is 0 Å². The third kappa shape index (κ3) is 3.62. The van der Waals surface area contributed by atoms with E-state index >= 15 is 0 Å². The lowest BCUT2D eigenvalue weighted by molar-refractivity contribution is 0.0884. The van der Waals surface area contributed by atoms with E-state index < -0.39 is 12.0 Å². The van der Waals surface area contributed by atoms with Crippen LogP contribution in [0.15, 0.2) is 21.2 Å². The Morgan fingerprint density at radius 1 is 1.47 bits per heavy atom. The summed E-state index contributed by atoms with van der Waals surface area (Å²) in [6.45, 7) is 1.89. The van der Waals surface area contributed by atoms with Crippen LogP contribution in [0.25, 0.3) is 0 Å². The number of amides is 2. The Labute approximate surface area is 94.1 Å². The Balaban J connectivity index is 2.40. The fourth-order valence-electron chi connectivity index (χ4n) is 0.773. The first-order valence-electron chi connectivity index (χ1n) is 4.12. The monoisotopic (exact) mass is 276 g/mol. The minimum atomic E-state index is -0.725. The quantitative estimate of drug-likeness (QED) is 0.801. The van der Waals surface area contributed by atoms with E-state index in [4.69, 9.17) is 4.42 Å². The average molecular weight is 277 g/mol. The zero-order valence-corrected chi connectivity index (χ0v) is 9.46. The summed E-state index contributed by atoms with van der Waals surface area (Å²) < 4.78 is 9.91. The molecule has 0 atom stereocenters. The number of hydrazine groups is 1. The second kappa shape index (κ2) is 5.40. The lowest BCUT2D eigenvalue weighted by Gasteiger charge is -2.04. The van der Waals surface area contributed by atoms with Crippen LogP contribution in [0.1, 0.15) is 17.5 Å². The van der Waals surface area contributed by atoms with Crippen LogP contribution in [-0.2, 0) is 4.74 Å². The molecule has 0 bridgehead atoms. The smallest absolute Gasteiger partial charge is 0.426 e. The van der Waals surface area contributed by atoms with Crippen LogP contribution in [0, 0.1) is 0 Å². The highest BCUT2D eigenvalue weighted by Crippen LogP contribution is 2.13. The molecule has 0 aliphatic rings. The minimum Gasteiger partial charge on any atom is -0.449 e. The van der Waals surface area contributed by atoms with E-state index in [-0.39, 0.29) is 12.4 Å².